The van der Waals surface area contributed by atoms with Gasteiger partial charge in [0.25, 0.3) is 0 Å². The maximum Gasteiger partial charge on any atom is 0.224 e. The molecule has 3 N–H and O–H groups in total. The van der Waals surface area contributed by atoms with Crippen LogP contribution in [-0.2, 0) is 4.79 Å². The maximum atomic E-state index is 12.1. The highest BCUT2D eigenvalue weighted by Crippen LogP contribution is 2.30. The molecule has 2 rings (SSSR count). The Balaban J connectivity index is 0.00000162. The van der Waals surface area contributed by atoms with Crippen LogP contribution in [0.15, 0.2) is 0 Å². The molecule has 4 heteroatoms. The number of amides is 1. The second kappa shape index (κ2) is 6.76. The SMILES string of the molecule is CC1CC(C)CC(NC(=O)C2CCCC2N)C1.Cl. The van der Waals surface area contributed by atoms with Crippen molar-refractivity contribution in [1.29, 1.82) is 0 Å². The maximum absolute atomic E-state index is 12.1. The summed E-state index contributed by atoms with van der Waals surface area (Å²) in [5.41, 5.74) is 5.98. The Labute approximate surface area is 117 Å². The summed E-state index contributed by atoms with van der Waals surface area (Å²) >= 11 is 0. The van der Waals surface area contributed by atoms with E-state index in [4.69, 9.17) is 5.73 Å². The van der Waals surface area contributed by atoms with Crippen molar-refractivity contribution < 1.29 is 4.79 Å². The van der Waals surface area contributed by atoms with Crippen LogP contribution < -0.4 is 11.1 Å². The average molecular weight is 275 g/mol. The van der Waals surface area contributed by atoms with Crippen LogP contribution in [-0.4, -0.2) is 18.0 Å². The molecule has 2 saturated carbocycles. The molecule has 0 aromatic heterocycles. The van der Waals surface area contributed by atoms with E-state index in [1.165, 1.54) is 6.42 Å². The third-order valence-electron chi connectivity index (χ3n) is 4.43. The van der Waals surface area contributed by atoms with Crippen molar-refractivity contribution in [2.45, 2.75) is 64.5 Å². The van der Waals surface area contributed by atoms with Crippen molar-refractivity contribution in [3.05, 3.63) is 0 Å². The predicted molar refractivity (Wildman–Crippen MR) is 76.7 cm³/mol. The van der Waals surface area contributed by atoms with E-state index in [2.05, 4.69) is 19.2 Å². The van der Waals surface area contributed by atoms with E-state index in [0.717, 1.165) is 43.9 Å². The molecule has 0 radical (unpaired) electrons. The van der Waals surface area contributed by atoms with Crippen molar-refractivity contribution >= 4 is 18.3 Å². The van der Waals surface area contributed by atoms with E-state index in [9.17, 15) is 4.79 Å². The lowest BCUT2D eigenvalue weighted by Crippen LogP contribution is -2.45. The second-order valence-electron chi connectivity index (χ2n) is 6.32. The van der Waals surface area contributed by atoms with Crippen LogP contribution in [0.25, 0.3) is 0 Å². The average Bonchev–Trinajstić information content (AvgIpc) is 2.62. The molecule has 4 atom stereocenters. The fraction of sp³-hybridized carbons (Fsp3) is 0.929. The number of nitrogens with two attached hydrogens (primary N) is 1. The van der Waals surface area contributed by atoms with Gasteiger partial charge in [-0.1, -0.05) is 20.3 Å². The fourth-order valence-electron chi connectivity index (χ4n) is 3.69. The Hall–Kier alpha value is -0.280. The van der Waals surface area contributed by atoms with Crippen LogP contribution in [0.3, 0.4) is 0 Å². The molecule has 2 aliphatic carbocycles. The van der Waals surface area contributed by atoms with Gasteiger partial charge in [0.05, 0.1) is 5.92 Å². The topological polar surface area (TPSA) is 55.1 Å². The van der Waals surface area contributed by atoms with Gasteiger partial charge in [-0.05, 0) is 43.9 Å². The summed E-state index contributed by atoms with van der Waals surface area (Å²) in [5, 5.41) is 3.23. The molecule has 0 saturated heterocycles. The second-order valence-corrected chi connectivity index (χ2v) is 6.32. The van der Waals surface area contributed by atoms with Crippen LogP contribution in [0.4, 0.5) is 0 Å². The molecule has 0 aliphatic heterocycles. The van der Waals surface area contributed by atoms with E-state index in [1.807, 2.05) is 0 Å². The molecule has 0 spiro atoms. The number of hydrogen-bond donors (Lipinski definition) is 2. The van der Waals surface area contributed by atoms with Crippen LogP contribution in [0.1, 0.15) is 52.4 Å². The van der Waals surface area contributed by atoms with Gasteiger partial charge in [-0.15, -0.1) is 12.4 Å². The molecule has 2 fully saturated rings. The normalized spacial score (nSPS) is 40.1. The first-order valence-electron chi connectivity index (χ1n) is 7.12. The van der Waals surface area contributed by atoms with Gasteiger partial charge in [0.2, 0.25) is 5.91 Å². The number of carbonyl (C=O) groups is 1. The summed E-state index contributed by atoms with van der Waals surface area (Å²) in [5.74, 6) is 1.76. The summed E-state index contributed by atoms with van der Waals surface area (Å²) in [4.78, 5) is 12.1. The van der Waals surface area contributed by atoms with Gasteiger partial charge in [-0.3, -0.25) is 4.79 Å². The van der Waals surface area contributed by atoms with Gasteiger partial charge in [-0.2, -0.15) is 0 Å². The summed E-state index contributed by atoms with van der Waals surface area (Å²) < 4.78 is 0. The van der Waals surface area contributed by atoms with Crippen molar-refractivity contribution in [3.63, 3.8) is 0 Å². The zero-order chi connectivity index (χ0) is 12.4. The highest BCUT2D eigenvalue weighted by molar-refractivity contribution is 5.85. The molecular weight excluding hydrogens is 248 g/mol. The van der Waals surface area contributed by atoms with Gasteiger partial charge in [0.15, 0.2) is 0 Å². The molecule has 0 bridgehead atoms. The number of hydrogen-bond acceptors (Lipinski definition) is 2. The van der Waals surface area contributed by atoms with E-state index < -0.39 is 0 Å². The minimum Gasteiger partial charge on any atom is -0.353 e. The smallest absolute Gasteiger partial charge is 0.224 e. The van der Waals surface area contributed by atoms with Crippen molar-refractivity contribution in [2.75, 3.05) is 0 Å². The molecule has 0 aromatic carbocycles. The highest BCUT2D eigenvalue weighted by Gasteiger charge is 2.32. The molecule has 0 heterocycles. The lowest BCUT2D eigenvalue weighted by Gasteiger charge is -2.33. The summed E-state index contributed by atoms with van der Waals surface area (Å²) in [7, 11) is 0. The van der Waals surface area contributed by atoms with Gasteiger partial charge in [0, 0.05) is 12.1 Å². The summed E-state index contributed by atoms with van der Waals surface area (Å²) in [6.07, 6.45) is 6.67. The highest BCUT2D eigenvalue weighted by atomic mass is 35.5. The van der Waals surface area contributed by atoms with Gasteiger partial charge < -0.3 is 11.1 Å². The Morgan fingerprint density at radius 1 is 1.11 bits per heavy atom. The molecule has 0 aromatic rings. The minimum atomic E-state index is 0. The zero-order valence-corrected chi connectivity index (χ0v) is 12.3. The first kappa shape index (κ1) is 15.8. The van der Waals surface area contributed by atoms with Crippen molar-refractivity contribution in [2.24, 2.45) is 23.5 Å². The molecule has 18 heavy (non-hydrogen) atoms. The van der Waals surface area contributed by atoms with Crippen molar-refractivity contribution in [1.82, 2.24) is 5.32 Å². The molecular formula is C14H27ClN2O. The number of halogens is 1. The van der Waals surface area contributed by atoms with E-state index in [0.29, 0.717) is 6.04 Å². The molecule has 3 nitrogen and oxygen atoms in total. The Morgan fingerprint density at radius 3 is 2.22 bits per heavy atom. The van der Waals surface area contributed by atoms with Crippen molar-refractivity contribution in [3.8, 4) is 0 Å². The summed E-state index contributed by atoms with van der Waals surface area (Å²) in [6.45, 7) is 4.58. The van der Waals surface area contributed by atoms with Gasteiger partial charge in [-0.25, -0.2) is 0 Å². The lowest BCUT2D eigenvalue weighted by atomic mass is 9.80. The lowest BCUT2D eigenvalue weighted by molar-refractivity contribution is -0.126. The van der Waals surface area contributed by atoms with Crippen LogP contribution in [0, 0.1) is 17.8 Å². The minimum absolute atomic E-state index is 0. The number of nitrogens with one attached hydrogen (secondary N) is 1. The van der Waals surface area contributed by atoms with Crippen LogP contribution in [0.5, 0.6) is 0 Å². The van der Waals surface area contributed by atoms with Crippen LogP contribution >= 0.6 is 12.4 Å². The number of rotatable bonds is 2. The fourth-order valence-corrected chi connectivity index (χ4v) is 3.69. The third-order valence-corrected chi connectivity index (χ3v) is 4.43. The first-order chi connectivity index (χ1) is 8.06. The Morgan fingerprint density at radius 2 is 1.72 bits per heavy atom. The summed E-state index contributed by atoms with van der Waals surface area (Å²) in [6, 6.07) is 0.475. The Kier molecular flexibility index (Phi) is 5.93. The zero-order valence-electron chi connectivity index (χ0n) is 11.5. The quantitative estimate of drug-likeness (QED) is 0.813. The largest absolute Gasteiger partial charge is 0.353 e. The van der Waals surface area contributed by atoms with E-state index in [1.54, 1.807) is 0 Å². The first-order valence-corrected chi connectivity index (χ1v) is 7.12. The number of carbonyl (C=O) groups excluding carboxylic acids is 1. The predicted octanol–water partition coefficient (Wildman–Crippen LogP) is 2.48. The molecule has 2 aliphatic rings. The van der Waals surface area contributed by atoms with Gasteiger partial charge >= 0.3 is 0 Å². The molecule has 4 unspecified atom stereocenters. The third kappa shape index (κ3) is 3.86. The van der Waals surface area contributed by atoms with Gasteiger partial charge in [0.1, 0.15) is 0 Å². The van der Waals surface area contributed by atoms with E-state index in [-0.39, 0.29) is 30.3 Å². The molecule has 1 amide bonds. The standard InChI is InChI=1S/C14H26N2O.ClH/c1-9-6-10(2)8-11(7-9)16-14(17)12-4-3-5-13(12)15;/h9-13H,3-8,15H2,1-2H3,(H,16,17);1H. The van der Waals surface area contributed by atoms with Crippen LogP contribution in [0.2, 0.25) is 0 Å². The molecule has 106 valence electrons. The van der Waals surface area contributed by atoms with E-state index >= 15 is 0 Å². The monoisotopic (exact) mass is 274 g/mol. The Bertz CT molecular complexity index is 275.